The predicted octanol–water partition coefficient (Wildman–Crippen LogP) is 3.27. The van der Waals surface area contributed by atoms with Crippen molar-refractivity contribution in [1.29, 1.82) is 0 Å². The molecule has 0 fully saturated rings. The maximum atomic E-state index is 11.2. The van der Waals surface area contributed by atoms with E-state index in [4.69, 9.17) is 9.16 Å². The average Bonchev–Trinajstić information content (AvgIpc) is 2.42. The number of esters is 1. The van der Waals surface area contributed by atoms with E-state index < -0.39 is 14.3 Å². The minimum atomic E-state index is -1.73. The molecular weight excluding hydrogens is 286 g/mol. The lowest BCUT2D eigenvalue weighted by atomic mass is 10.2. The van der Waals surface area contributed by atoms with Gasteiger partial charge in [0.2, 0.25) is 0 Å². The van der Waals surface area contributed by atoms with Crippen LogP contribution in [0, 0.1) is 0 Å². The number of rotatable bonds is 6. The average molecular weight is 311 g/mol. The fraction of sp³-hybridized carbons (Fsp3) is 0.600. The van der Waals surface area contributed by atoms with Gasteiger partial charge in [-0.3, -0.25) is 0 Å². The molecule has 118 valence electrons. The van der Waals surface area contributed by atoms with Crippen LogP contribution in [0.3, 0.4) is 0 Å². The Morgan fingerprint density at radius 2 is 1.90 bits per heavy atom. The van der Waals surface area contributed by atoms with Crippen LogP contribution in [0.5, 0.6) is 5.75 Å². The van der Waals surface area contributed by atoms with Gasteiger partial charge in [0.05, 0.1) is 19.9 Å². The van der Waals surface area contributed by atoms with Gasteiger partial charge in [-0.25, -0.2) is 9.78 Å². The monoisotopic (exact) mass is 311 g/mol. The van der Waals surface area contributed by atoms with E-state index in [0.29, 0.717) is 19.0 Å². The predicted molar refractivity (Wildman–Crippen MR) is 84.2 cm³/mol. The Bertz CT molecular complexity index is 466. The zero-order valence-corrected chi connectivity index (χ0v) is 14.7. The second kappa shape index (κ2) is 7.04. The fourth-order valence-electron chi connectivity index (χ4n) is 1.36. The second-order valence-electron chi connectivity index (χ2n) is 6.33. The topological polar surface area (TPSA) is 57.7 Å². The number of aromatic nitrogens is 1. The highest BCUT2D eigenvalue weighted by atomic mass is 28.4. The molecule has 0 aliphatic heterocycles. The third-order valence-corrected chi connectivity index (χ3v) is 8.29. The van der Waals surface area contributed by atoms with Gasteiger partial charge >= 0.3 is 5.97 Å². The first-order valence-electron chi connectivity index (χ1n) is 6.98. The van der Waals surface area contributed by atoms with E-state index >= 15 is 0 Å². The first kappa shape index (κ1) is 17.6. The lowest BCUT2D eigenvalue weighted by Crippen LogP contribution is -2.41. The van der Waals surface area contributed by atoms with Crippen LogP contribution in [0.4, 0.5) is 0 Å². The van der Waals surface area contributed by atoms with Crippen molar-refractivity contribution in [1.82, 2.24) is 4.98 Å². The van der Waals surface area contributed by atoms with Crippen LogP contribution in [0.15, 0.2) is 18.3 Å². The molecule has 0 saturated heterocycles. The van der Waals surface area contributed by atoms with E-state index in [1.165, 1.54) is 13.3 Å². The molecular formula is C15H25NO4Si. The first-order valence-corrected chi connectivity index (χ1v) is 9.89. The molecule has 0 aliphatic carbocycles. The van der Waals surface area contributed by atoms with Gasteiger partial charge in [-0.05, 0) is 30.3 Å². The van der Waals surface area contributed by atoms with E-state index in [-0.39, 0.29) is 10.7 Å². The second-order valence-corrected chi connectivity index (χ2v) is 11.1. The molecule has 1 aromatic rings. The van der Waals surface area contributed by atoms with Gasteiger partial charge in [-0.15, -0.1) is 0 Å². The number of nitrogens with zero attached hydrogens (tertiary/aromatic N) is 1. The van der Waals surface area contributed by atoms with Crippen molar-refractivity contribution in [2.45, 2.75) is 38.9 Å². The quantitative estimate of drug-likeness (QED) is 0.458. The van der Waals surface area contributed by atoms with Crippen LogP contribution < -0.4 is 4.74 Å². The van der Waals surface area contributed by atoms with Crippen molar-refractivity contribution in [2.24, 2.45) is 0 Å². The van der Waals surface area contributed by atoms with Gasteiger partial charge < -0.3 is 13.9 Å². The Labute approximate surface area is 127 Å². The minimum absolute atomic E-state index is 0.191. The number of pyridine rings is 1. The van der Waals surface area contributed by atoms with Crippen molar-refractivity contribution in [3.05, 3.63) is 24.0 Å². The molecule has 0 saturated carbocycles. The molecule has 0 N–H and O–H groups in total. The Morgan fingerprint density at radius 1 is 1.24 bits per heavy atom. The van der Waals surface area contributed by atoms with E-state index in [1.54, 1.807) is 12.1 Å². The van der Waals surface area contributed by atoms with Crippen molar-refractivity contribution in [3.63, 3.8) is 0 Å². The molecule has 6 heteroatoms. The molecule has 0 amide bonds. The first-order chi connectivity index (χ1) is 9.67. The molecule has 0 unspecified atom stereocenters. The fourth-order valence-corrected chi connectivity index (χ4v) is 2.39. The van der Waals surface area contributed by atoms with Gasteiger partial charge in [-0.2, -0.15) is 0 Å². The maximum absolute atomic E-state index is 11.2. The summed E-state index contributed by atoms with van der Waals surface area (Å²) >= 11 is 0. The number of hydrogen-bond acceptors (Lipinski definition) is 5. The van der Waals surface area contributed by atoms with Crippen molar-refractivity contribution >= 4 is 14.3 Å². The summed E-state index contributed by atoms with van der Waals surface area (Å²) in [6.07, 6.45) is 1.51. The zero-order chi connectivity index (χ0) is 16.1. The number of ether oxygens (including phenoxy) is 2. The highest BCUT2D eigenvalue weighted by Crippen LogP contribution is 2.36. The maximum Gasteiger partial charge on any atom is 0.356 e. The Balaban J connectivity index is 2.42. The largest absolute Gasteiger partial charge is 0.490 e. The summed E-state index contributed by atoms with van der Waals surface area (Å²) in [7, 11) is -0.403. The van der Waals surface area contributed by atoms with E-state index in [9.17, 15) is 4.79 Å². The van der Waals surface area contributed by atoms with Crippen LogP contribution in [0.2, 0.25) is 18.1 Å². The third-order valence-electron chi connectivity index (χ3n) is 3.75. The summed E-state index contributed by atoms with van der Waals surface area (Å²) in [5.74, 6) is 0.157. The molecule has 1 heterocycles. The number of carbonyl (C=O) groups is 1. The zero-order valence-electron chi connectivity index (χ0n) is 13.7. The molecule has 5 nitrogen and oxygen atoms in total. The Hall–Kier alpha value is -1.40. The SMILES string of the molecule is COC(=O)c1ccc(OCCO[Si](C)(C)C(C)(C)C)cn1. The lowest BCUT2D eigenvalue weighted by Gasteiger charge is -2.36. The summed E-state index contributed by atoms with van der Waals surface area (Å²) in [6.45, 7) is 12.0. The molecule has 0 radical (unpaired) electrons. The number of carbonyl (C=O) groups excluding carboxylic acids is 1. The van der Waals surface area contributed by atoms with Gasteiger partial charge in [0.25, 0.3) is 0 Å². The highest BCUT2D eigenvalue weighted by Gasteiger charge is 2.36. The summed E-state index contributed by atoms with van der Waals surface area (Å²) in [5.41, 5.74) is 0.266. The Kier molecular flexibility index (Phi) is 5.92. The molecule has 0 spiro atoms. The molecule has 1 rings (SSSR count). The molecule has 0 aromatic carbocycles. The van der Waals surface area contributed by atoms with Crippen LogP contribution in [-0.4, -0.2) is 39.6 Å². The van der Waals surface area contributed by atoms with Crippen molar-refractivity contribution < 1.29 is 18.7 Å². The molecule has 1 aromatic heterocycles. The standard InChI is InChI=1S/C15H25NO4Si/c1-15(2,3)21(5,6)20-10-9-19-12-7-8-13(16-11-12)14(17)18-4/h7-8,11H,9-10H2,1-6H3. The highest BCUT2D eigenvalue weighted by molar-refractivity contribution is 6.74. The van der Waals surface area contributed by atoms with Crippen LogP contribution in [0.1, 0.15) is 31.3 Å². The van der Waals surface area contributed by atoms with Crippen molar-refractivity contribution in [2.75, 3.05) is 20.3 Å². The van der Waals surface area contributed by atoms with Gasteiger partial charge in [-0.1, -0.05) is 20.8 Å². The summed E-state index contributed by atoms with van der Waals surface area (Å²) in [6, 6.07) is 3.28. The lowest BCUT2D eigenvalue weighted by molar-refractivity contribution is 0.0594. The van der Waals surface area contributed by atoms with E-state index in [0.717, 1.165) is 0 Å². The molecule has 0 aliphatic rings. The summed E-state index contributed by atoms with van der Waals surface area (Å²) in [4.78, 5) is 15.2. The van der Waals surface area contributed by atoms with Gasteiger partial charge in [0.15, 0.2) is 8.32 Å². The molecule has 0 bridgehead atoms. The van der Waals surface area contributed by atoms with Crippen LogP contribution in [0.25, 0.3) is 0 Å². The Morgan fingerprint density at radius 3 is 2.38 bits per heavy atom. The number of methoxy groups -OCH3 is 1. The minimum Gasteiger partial charge on any atom is -0.490 e. The van der Waals surface area contributed by atoms with Gasteiger partial charge in [0.1, 0.15) is 18.1 Å². The number of hydrogen-bond donors (Lipinski definition) is 0. The summed E-state index contributed by atoms with van der Waals surface area (Å²) in [5, 5.41) is 0.191. The smallest absolute Gasteiger partial charge is 0.356 e. The van der Waals surface area contributed by atoms with Crippen molar-refractivity contribution in [3.8, 4) is 5.75 Å². The van der Waals surface area contributed by atoms with E-state index in [1.807, 2.05) is 0 Å². The summed E-state index contributed by atoms with van der Waals surface area (Å²) < 4.78 is 16.2. The third kappa shape index (κ3) is 5.13. The van der Waals surface area contributed by atoms with Gasteiger partial charge in [0, 0.05) is 0 Å². The van der Waals surface area contributed by atoms with Crippen LogP contribution in [-0.2, 0) is 9.16 Å². The molecule has 21 heavy (non-hydrogen) atoms. The van der Waals surface area contributed by atoms with E-state index in [2.05, 4.69) is 43.6 Å². The molecule has 0 atom stereocenters. The normalized spacial score (nSPS) is 12.1. The van der Waals surface area contributed by atoms with Crippen LogP contribution >= 0.6 is 0 Å².